The van der Waals surface area contributed by atoms with Crippen LogP contribution in [0.25, 0.3) is 0 Å². The lowest BCUT2D eigenvalue weighted by molar-refractivity contribution is 0.317. The first-order valence-electron chi connectivity index (χ1n) is 5.64. The molecule has 0 amide bonds. The van der Waals surface area contributed by atoms with E-state index in [9.17, 15) is 8.42 Å². The average molecular weight is 298 g/mol. The van der Waals surface area contributed by atoms with E-state index in [2.05, 4.69) is 29.8 Å². The molecule has 1 fully saturated rings. The van der Waals surface area contributed by atoms with E-state index in [0.29, 0.717) is 6.54 Å². The predicted molar refractivity (Wildman–Crippen MR) is 66.8 cm³/mol. The van der Waals surface area contributed by atoms with Crippen molar-refractivity contribution in [3.05, 3.63) is 0 Å². The minimum Gasteiger partial charge on any atom is -0.212 e. The van der Waals surface area contributed by atoms with Gasteiger partial charge in [-0.1, -0.05) is 29.8 Å². The zero-order valence-corrected chi connectivity index (χ0v) is 11.8. The molecule has 1 aliphatic carbocycles. The van der Waals surface area contributed by atoms with Gasteiger partial charge in [0.1, 0.15) is 0 Å². The Morgan fingerprint density at radius 3 is 2.20 bits per heavy atom. The summed E-state index contributed by atoms with van der Waals surface area (Å²) in [7, 11) is -3.01. The number of alkyl halides is 1. The van der Waals surface area contributed by atoms with Gasteiger partial charge in [0.05, 0.1) is 5.25 Å². The van der Waals surface area contributed by atoms with Crippen LogP contribution in [-0.2, 0) is 10.0 Å². The highest BCUT2D eigenvalue weighted by Gasteiger charge is 2.41. The quantitative estimate of drug-likeness (QED) is 0.677. The van der Waals surface area contributed by atoms with Crippen molar-refractivity contribution in [2.24, 2.45) is 0 Å². The number of halogens is 1. The molecule has 0 radical (unpaired) electrons. The predicted octanol–water partition coefficient (Wildman–Crippen LogP) is 2.36. The molecule has 1 rings (SSSR count). The highest BCUT2D eigenvalue weighted by molar-refractivity contribution is 9.09. The van der Waals surface area contributed by atoms with Gasteiger partial charge in [-0.2, -0.15) is 4.31 Å². The summed E-state index contributed by atoms with van der Waals surface area (Å²) in [5, 5.41) is 0.632. The van der Waals surface area contributed by atoms with Crippen molar-refractivity contribution < 1.29 is 8.42 Å². The lowest BCUT2D eigenvalue weighted by Crippen LogP contribution is -2.42. The van der Waals surface area contributed by atoms with Crippen molar-refractivity contribution in [3.63, 3.8) is 0 Å². The monoisotopic (exact) mass is 297 g/mol. The fraction of sp³-hybridized carbons (Fsp3) is 1.00. The lowest BCUT2D eigenvalue weighted by Gasteiger charge is -2.29. The second-order valence-electron chi connectivity index (χ2n) is 4.01. The smallest absolute Gasteiger partial charge is 0.212 e. The van der Waals surface area contributed by atoms with Gasteiger partial charge in [0.25, 0.3) is 0 Å². The Morgan fingerprint density at radius 2 is 1.87 bits per heavy atom. The van der Waals surface area contributed by atoms with E-state index < -0.39 is 10.0 Å². The molecule has 0 saturated heterocycles. The maximum atomic E-state index is 12.1. The largest absolute Gasteiger partial charge is 0.217 e. The van der Waals surface area contributed by atoms with Crippen molar-refractivity contribution in [2.75, 3.05) is 11.9 Å². The molecule has 0 aromatic rings. The van der Waals surface area contributed by atoms with Crippen LogP contribution in [0.3, 0.4) is 0 Å². The summed E-state index contributed by atoms with van der Waals surface area (Å²) >= 11 is 3.33. The minimum atomic E-state index is -3.01. The molecule has 0 atom stereocenters. The third-order valence-electron chi connectivity index (χ3n) is 2.93. The van der Waals surface area contributed by atoms with Gasteiger partial charge in [-0.05, 0) is 25.7 Å². The van der Waals surface area contributed by atoms with Crippen LogP contribution in [0.1, 0.15) is 39.5 Å². The maximum Gasteiger partial charge on any atom is 0.217 e. The summed E-state index contributed by atoms with van der Waals surface area (Å²) in [5.41, 5.74) is 0. The van der Waals surface area contributed by atoms with E-state index in [1.807, 2.05) is 0 Å². The molecule has 0 bridgehead atoms. The first kappa shape index (κ1) is 13.5. The van der Waals surface area contributed by atoms with Crippen LogP contribution >= 0.6 is 15.9 Å². The molecule has 0 spiro atoms. The summed E-state index contributed by atoms with van der Waals surface area (Å²) in [6, 6.07) is 0.174. The van der Waals surface area contributed by atoms with Gasteiger partial charge in [-0.3, -0.25) is 0 Å². The summed E-state index contributed by atoms with van der Waals surface area (Å²) < 4.78 is 26.0. The van der Waals surface area contributed by atoms with Gasteiger partial charge in [-0.25, -0.2) is 8.42 Å². The van der Waals surface area contributed by atoms with E-state index in [1.165, 1.54) is 0 Å². The van der Waals surface area contributed by atoms with E-state index >= 15 is 0 Å². The number of sulfonamides is 1. The number of rotatable bonds is 7. The molecular formula is C10H20BrNO2S. The molecule has 0 heterocycles. The maximum absolute atomic E-state index is 12.1. The highest BCUT2D eigenvalue weighted by Crippen LogP contribution is 2.32. The van der Waals surface area contributed by atoms with E-state index in [-0.39, 0.29) is 11.3 Å². The minimum absolute atomic E-state index is 0.0860. The zero-order chi connectivity index (χ0) is 11.5. The van der Waals surface area contributed by atoms with Crippen LogP contribution < -0.4 is 0 Å². The summed E-state index contributed by atoms with van der Waals surface area (Å²) in [6.07, 6.45) is 3.49. The fourth-order valence-corrected chi connectivity index (χ4v) is 4.65. The molecule has 1 aliphatic rings. The van der Waals surface area contributed by atoms with Crippen LogP contribution in [0.15, 0.2) is 0 Å². The van der Waals surface area contributed by atoms with Gasteiger partial charge in [0, 0.05) is 17.9 Å². The summed E-state index contributed by atoms with van der Waals surface area (Å²) in [4.78, 5) is 0. The molecule has 0 aromatic carbocycles. The standard InChI is InChI=1S/C10H20BrNO2S/c1-3-9(4-2)12(8-7-11)15(13,14)10-5-6-10/h9-10H,3-8H2,1-2H3. The van der Waals surface area contributed by atoms with Crippen LogP contribution in [0.2, 0.25) is 0 Å². The molecule has 3 nitrogen and oxygen atoms in total. The van der Waals surface area contributed by atoms with Gasteiger partial charge in [0.2, 0.25) is 10.0 Å². The molecule has 0 N–H and O–H groups in total. The zero-order valence-electron chi connectivity index (χ0n) is 9.45. The van der Waals surface area contributed by atoms with Crippen LogP contribution in [0, 0.1) is 0 Å². The van der Waals surface area contributed by atoms with Crippen molar-refractivity contribution in [2.45, 2.75) is 50.8 Å². The Bertz CT molecular complexity index is 284. The first-order valence-corrected chi connectivity index (χ1v) is 8.27. The summed E-state index contributed by atoms with van der Waals surface area (Å²) in [5.74, 6) is 0. The van der Waals surface area contributed by atoms with Gasteiger partial charge < -0.3 is 0 Å². The van der Waals surface area contributed by atoms with Crippen molar-refractivity contribution in [1.82, 2.24) is 4.31 Å². The lowest BCUT2D eigenvalue weighted by atomic mass is 10.2. The Balaban J connectivity index is 2.80. The normalized spacial score (nSPS) is 17.7. The van der Waals surface area contributed by atoms with Crippen molar-refractivity contribution in [1.29, 1.82) is 0 Å². The van der Waals surface area contributed by atoms with Gasteiger partial charge in [-0.15, -0.1) is 0 Å². The van der Waals surface area contributed by atoms with Gasteiger partial charge >= 0.3 is 0 Å². The second-order valence-corrected chi connectivity index (χ2v) is 6.97. The summed E-state index contributed by atoms with van der Waals surface area (Å²) in [6.45, 7) is 4.71. The number of hydrogen-bond acceptors (Lipinski definition) is 2. The van der Waals surface area contributed by atoms with Crippen LogP contribution in [0.5, 0.6) is 0 Å². The highest BCUT2D eigenvalue weighted by atomic mass is 79.9. The molecule has 0 aromatic heterocycles. The Labute approximate surface area is 101 Å². The Kier molecular flexibility index (Phi) is 5.06. The van der Waals surface area contributed by atoms with Crippen molar-refractivity contribution in [3.8, 4) is 0 Å². The van der Waals surface area contributed by atoms with Crippen LogP contribution in [-0.4, -0.2) is 35.9 Å². The SMILES string of the molecule is CCC(CC)N(CCBr)S(=O)(=O)C1CC1. The first-order chi connectivity index (χ1) is 7.07. The van der Waals surface area contributed by atoms with E-state index in [4.69, 9.17) is 0 Å². The molecule has 1 saturated carbocycles. The average Bonchev–Trinajstić information content (AvgIpc) is 3.01. The van der Waals surface area contributed by atoms with Crippen molar-refractivity contribution >= 4 is 26.0 Å². The number of hydrogen-bond donors (Lipinski definition) is 0. The Hall–Kier alpha value is 0.390. The molecule has 15 heavy (non-hydrogen) atoms. The third kappa shape index (κ3) is 3.17. The molecular weight excluding hydrogens is 278 g/mol. The Morgan fingerprint density at radius 1 is 1.33 bits per heavy atom. The number of nitrogens with zero attached hydrogens (tertiary/aromatic N) is 1. The molecule has 90 valence electrons. The van der Waals surface area contributed by atoms with E-state index in [0.717, 1.165) is 31.0 Å². The third-order valence-corrected chi connectivity index (χ3v) is 5.73. The van der Waals surface area contributed by atoms with Crippen LogP contribution in [0.4, 0.5) is 0 Å². The van der Waals surface area contributed by atoms with E-state index in [1.54, 1.807) is 4.31 Å². The van der Waals surface area contributed by atoms with Gasteiger partial charge in [0.15, 0.2) is 0 Å². The molecule has 5 heteroatoms. The second kappa shape index (κ2) is 5.64. The molecule has 0 aliphatic heterocycles. The topological polar surface area (TPSA) is 37.4 Å². The fourth-order valence-electron chi connectivity index (χ4n) is 1.85. The molecule has 0 unspecified atom stereocenters.